The van der Waals surface area contributed by atoms with Crippen LogP contribution in [0.2, 0.25) is 0 Å². The van der Waals surface area contributed by atoms with E-state index in [0.717, 1.165) is 71.0 Å². The Balaban J connectivity index is 1.53. The highest BCUT2D eigenvalue weighted by molar-refractivity contribution is 7.16. The average molecular weight is 663 g/mol. The predicted octanol–water partition coefficient (Wildman–Crippen LogP) is 8.20. The Morgan fingerprint density at radius 1 is 0.708 bits per heavy atom. The van der Waals surface area contributed by atoms with Crippen molar-refractivity contribution in [2.75, 3.05) is 14.2 Å². The van der Waals surface area contributed by atoms with E-state index >= 15 is 0 Å². The van der Waals surface area contributed by atoms with Gasteiger partial charge in [-0.1, -0.05) is 87.5 Å². The molecule has 230 valence electrons. The van der Waals surface area contributed by atoms with Gasteiger partial charge in [0.05, 0.1) is 14.2 Å². The highest BCUT2D eigenvalue weighted by Gasteiger charge is 2.36. The topological polar surface area (TPSA) is 91.7 Å². The largest absolute Gasteiger partial charge is 0.497 e. The van der Waals surface area contributed by atoms with Crippen molar-refractivity contribution in [3.05, 3.63) is 96.0 Å². The first-order chi connectivity index (χ1) is 23.6. The smallest absolute Gasteiger partial charge is 0.306 e. The number of aryl methyl sites for hydroxylation is 1. The van der Waals surface area contributed by atoms with E-state index < -0.39 is 0 Å². The zero-order valence-electron chi connectivity index (χ0n) is 25.9. The summed E-state index contributed by atoms with van der Waals surface area (Å²) in [5.41, 5.74) is 5.52. The highest BCUT2D eigenvalue weighted by Crippen LogP contribution is 2.44. The van der Waals surface area contributed by atoms with Crippen molar-refractivity contribution in [2.24, 2.45) is 0 Å². The molecule has 0 saturated heterocycles. The minimum absolute atomic E-state index is 0.475. The number of ether oxygens (including phenoxy) is 2. The summed E-state index contributed by atoms with van der Waals surface area (Å²) in [7, 11) is 3.29. The summed E-state index contributed by atoms with van der Waals surface area (Å²) in [5.74, 6) is 1.58. The van der Waals surface area contributed by atoms with Gasteiger partial charge in [0.2, 0.25) is 0 Å². The number of para-hydroxylation sites is 2. The quantitative estimate of drug-likeness (QED) is 0.104. The summed E-state index contributed by atoms with van der Waals surface area (Å²) in [6, 6.07) is 31.8. The number of nitrogens with zero attached hydrogens (tertiary/aromatic N) is 7. The molecule has 10 aromatic rings. The third kappa shape index (κ3) is 3.71. The lowest BCUT2D eigenvalue weighted by Crippen LogP contribution is -2.36. The Labute approximate surface area is 280 Å². The van der Waals surface area contributed by atoms with Crippen LogP contribution in [0, 0.1) is 6.92 Å². The van der Waals surface area contributed by atoms with Crippen molar-refractivity contribution in [2.45, 2.75) is 6.92 Å². The fourth-order valence-electron chi connectivity index (χ4n) is 7.12. The molecule has 0 unspecified atom stereocenters. The normalized spacial score (nSPS) is 12.1. The number of benzene rings is 6. The van der Waals surface area contributed by atoms with Crippen molar-refractivity contribution in [3.63, 3.8) is 0 Å². The Kier molecular flexibility index (Phi) is 5.76. The number of methoxy groups -OCH3 is 2. The van der Waals surface area contributed by atoms with Gasteiger partial charge in [0, 0.05) is 21.5 Å². The number of aromatic nitrogens is 7. The first-order valence-electron chi connectivity index (χ1n) is 15.3. The van der Waals surface area contributed by atoms with Crippen LogP contribution in [0.3, 0.4) is 0 Å². The maximum absolute atomic E-state index is 5.77. The van der Waals surface area contributed by atoms with E-state index in [1.54, 1.807) is 14.2 Å². The van der Waals surface area contributed by atoms with Crippen LogP contribution in [-0.4, -0.2) is 44.2 Å². The first kappa shape index (κ1) is 27.3. The molecule has 0 amide bonds. The van der Waals surface area contributed by atoms with Gasteiger partial charge in [0.1, 0.15) is 32.9 Å². The number of hydrogen-bond donors (Lipinski definition) is 0. The molecule has 4 heterocycles. The number of rotatable bonds is 5. The van der Waals surface area contributed by atoms with Crippen LogP contribution < -0.4 is 14.0 Å². The third-order valence-corrected chi connectivity index (χ3v) is 10.8. The molecular weight excluding hydrogens is 639 g/mol. The molecule has 0 aliphatic heterocycles. The molecule has 6 aromatic carbocycles. The number of hydrogen-bond acceptors (Lipinski definition) is 9. The van der Waals surface area contributed by atoms with Crippen molar-refractivity contribution in [1.82, 2.24) is 29.9 Å². The molecule has 0 atom stereocenters. The Bertz CT molecular complexity index is 2910. The van der Waals surface area contributed by atoms with Crippen LogP contribution in [-0.2, 0) is 0 Å². The maximum atomic E-state index is 5.77. The summed E-state index contributed by atoms with van der Waals surface area (Å²) >= 11 is 2.94. The van der Waals surface area contributed by atoms with E-state index in [4.69, 9.17) is 19.6 Å². The molecule has 9 nitrogen and oxygen atoms in total. The SMILES string of the molecule is COc1ccc2c(c1)c(-c1nnc(OC)s1)c(-[n+]1c3ccccc3nc3c4cccc5ccc6cccc(c6c54)c31)n2-c1nnc(C)s1. The minimum atomic E-state index is 0.475. The first-order valence-corrected chi connectivity index (χ1v) is 17.0. The van der Waals surface area contributed by atoms with E-state index in [9.17, 15) is 0 Å². The molecule has 10 rings (SSSR count). The highest BCUT2D eigenvalue weighted by atomic mass is 32.1. The summed E-state index contributed by atoms with van der Waals surface area (Å²) in [5, 5.41) is 28.9. The molecule has 0 N–H and O–H groups in total. The van der Waals surface area contributed by atoms with E-state index in [-0.39, 0.29) is 0 Å². The lowest BCUT2D eigenvalue weighted by atomic mass is 9.92. The van der Waals surface area contributed by atoms with Crippen molar-refractivity contribution in [1.29, 1.82) is 0 Å². The zero-order chi connectivity index (χ0) is 32.1. The lowest BCUT2D eigenvalue weighted by Gasteiger charge is -2.16. The predicted molar refractivity (Wildman–Crippen MR) is 192 cm³/mol. The van der Waals surface area contributed by atoms with Crippen molar-refractivity contribution >= 4 is 88.0 Å². The number of fused-ring (bicyclic) bond motifs is 5. The standard InChI is InChI=1S/C37H24N7O2S2/c1-19-39-41-36(47-19)44-27-17-16-22(45-2)18-25(27)31(34-40-42-37(46-3)48-34)35(44)43-28-13-5-4-12-26(28)38-32-23-10-6-8-20-14-15-21-9-7-11-24(33(32)43)30(21)29(20)23/h4-18H,1-3H3/q+1. The Morgan fingerprint density at radius 3 is 2.25 bits per heavy atom. The van der Waals surface area contributed by atoms with Gasteiger partial charge in [0.25, 0.3) is 5.19 Å². The van der Waals surface area contributed by atoms with Crippen molar-refractivity contribution in [3.8, 4) is 32.5 Å². The van der Waals surface area contributed by atoms with Gasteiger partial charge in [-0.2, -0.15) is 9.13 Å². The molecule has 0 bridgehead atoms. The van der Waals surface area contributed by atoms with Gasteiger partial charge < -0.3 is 9.47 Å². The van der Waals surface area contributed by atoms with E-state index in [2.05, 4.69) is 103 Å². The Morgan fingerprint density at radius 2 is 1.50 bits per heavy atom. The molecule has 0 radical (unpaired) electrons. The van der Waals surface area contributed by atoms with Crippen LogP contribution in [0.1, 0.15) is 5.01 Å². The summed E-state index contributed by atoms with van der Waals surface area (Å²) in [6.45, 7) is 1.97. The average Bonchev–Trinajstić information content (AvgIpc) is 3.86. The molecule has 48 heavy (non-hydrogen) atoms. The fraction of sp³-hybridized carbons (Fsp3) is 0.0811. The molecule has 0 saturated carbocycles. The maximum Gasteiger partial charge on any atom is 0.306 e. The molecular formula is C37H24N7O2S2+. The summed E-state index contributed by atoms with van der Waals surface area (Å²) in [4.78, 5) is 5.40. The van der Waals surface area contributed by atoms with Crippen molar-refractivity contribution < 1.29 is 14.0 Å². The Hall–Kier alpha value is -5.78. The van der Waals surface area contributed by atoms with Gasteiger partial charge in [-0.25, -0.2) is 4.98 Å². The van der Waals surface area contributed by atoms with Gasteiger partial charge in [-0.3, -0.25) is 0 Å². The molecule has 11 heteroatoms. The second-order valence-electron chi connectivity index (χ2n) is 11.6. The lowest BCUT2D eigenvalue weighted by molar-refractivity contribution is -0.541. The van der Waals surface area contributed by atoms with Gasteiger partial charge >= 0.3 is 10.9 Å². The van der Waals surface area contributed by atoms with E-state index in [1.165, 1.54) is 44.2 Å². The zero-order valence-corrected chi connectivity index (χ0v) is 27.6. The monoisotopic (exact) mass is 662 g/mol. The van der Waals surface area contributed by atoms with Gasteiger partial charge in [0.15, 0.2) is 16.0 Å². The van der Waals surface area contributed by atoms with Crippen LogP contribution in [0.25, 0.3) is 86.8 Å². The summed E-state index contributed by atoms with van der Waals surface area (Å²) in [6.07, 6.45) is 0. The van der Waals surface area contributed by atoms with Gasteiger partial charge in [-0.15, -0.1) is 10.2 Å². The van der Waals surface area contributed by atoms with Crippen LogP contribution in [0.4, 0.5) is 0 Å². The minimum Gasteiger partial charge on any atom is -0.497 e. The van der Waals surface area contributed by atoms with Crippen LogP contribution in [0.5, 0.6) is 10.9 Å². The molecule has 0 aliphatic carbocycles. The third-order valence-electron chi connectivity index (χ3n) is 9.06. The van der Waals surface area contributed by atoms with Gasteiger partial charge in [-0.05, 0) is 59.5 Å². The van der Waals surface area contributed by atoms with Crippen LogP contribution in [0.15, 0.2) is 91.0 Å². The van der Waals surface area contributed by atoms with E-state index in [0.29, 0.717) is 10.2 Å². The second-order valence-corrected chi connectivity index (χ2v) is 13.7. The molecule has 0 fully saturated rings. The van der Waals surface area contributed by atoms with E-state index in [1.807, 2.05) is 19.1 Å². The van der Waals surface area contributed by atoms with Crippen LogP contribution >= 0.6 is 22.7 Å². The second kappa shape index (κ2) is 10.1. The molecule has 0 aliphatic rings. The molecule has 0 spiro atoms. The fourth-order valence-corrected chi connectivity index (χ4v) is 8.54. The summed E-state index contributed by atoms with van der Waals surface area (Å²) < 4.78 is 15.9. The molecule has 4 aromatic heterocycles.